The van der Waals surface area contributed by atoms with E-state index in [0.29, 0.717) is 0 Å². The fraction of sp³-hybridized carbons (Fsp3) is 0.538. The molecule has 0 atom stereocenters. The molecule has 0 heterocycles. The molecule has 0 aromatic heterocycles. The molecule has 1 aromatic rings. The van der Waals surface area contributed by atoms with Crippen molar-refractivity contribution in [1.29, 1.82) is 0 Å². The molecule has 0 bridgehead atoms. The summed E-state index contributed by atoms with van der Waals surface area (Å²) in [5, 5.41) is 0. The van der Waals surface area contributed by atoms with Gasteiger partial charge in [-0.3, -0.25) is 0 Å². The van der Waals surface area contributed by atoms with Crippen molar-refractivity contribution >= 4 is 0 Å². The van der Waals surface area contributed by atoms with Crippen LogP contribution in [0.15, 0.2) is 12.1 Å². The molecule has 0 heteroatoms. The first-order valence-electron chi connectivity index (χ1n) is 5.22. The highest BCUT2D eigenvalue weighted by atomic mass is 14.0. The van der Waals surface area contributed by atoms with Crippen molar-refractivity contribution in [3.8, 4) is 0 Å². The third-order valence-corrected chi connectivity index (χ3v) is 2.40. The minimum atomic E-state index is 1.17. The highest BCUT2D eigenvalue weighted by molar-refractivity contribution is 5.20. The predicted octanol–water partition coefficient (Wildman–Crippen LogP) is 3.72. The molecule has 0 aliphatic heterocycles. The Kier molecular flexibility index (Phi) is 4.40. The fourth-order valence-corrected chi connectivity index (χ4v) is 1.48. The van der Waals surface area contributed by atoms with Gasteiger partial charge in [0.05, 0.1) is 0 Å². The Hall–Kier alpha value is -0.960. The van der Waals surface area contributed by atoms with E-state index in [2.05, 4.69) is 32.0 Å². The van der Waals surface area contributed by atoms with Crippen LogP contribution in [0, 0.1) is 19.1 Å². The number of hydrogen-bond donors (Lipinski definition) is 0. The first kappa shape index (κ1) is 10.1. The lowest BCUT2D eigenvalue weighted by Crippen LogP contribution is -1.88. The van der Waals surface area contributed by atoms with Crippen LogP contribution in [0.3, 0.4) is 0 Å². The fourth-order valence-electron chi connectivity index (χ4n) is 1.48. The van der Waals surface area contributed by atoms with E-state index >= 15 is 0 Å². The summed E-state index contributed by atoms with van der Waals surface area (Å²) in [4.78, 5) is 0. The van der Waals surface area contributed by atoms with Gasteiger partial charge >= 0.3 is 0 Å². The second-order valence-corrected chi connectivity index (χ2v) is 3.57. The van der Waals surface area contributed by atoms with Gasteiger partial charge in [0, 0.05) is 5.56 Å². The quantitative estimate of drug-likeness (QED) is 0.597. The Morgan fingerprint density at radius 3 is 2.77 bits per heavy atom. The van der Waals surface area contributed by atoms with Crippen LogP contribution in [0.2, 0.25) is 0 Å². The molecule has 0 aliphatic carbocycles. The maximum atomic E-state index is 3.19. The van der Waals surface area contributed by atoms with E-state index in [1.54, 1.807) is 0 Å². The maximum Gasteiger partial charge on any atom is 0.00532 e. The van der Waals surface area contributed by atoms with Crippen molar-refractivity contribution in [2.75, 3.05) is 0 Å². The summed E-state index contributed by atoms with van der Waals surface area (Å²) >= 11 is 0. The third kappa shape index (κ3) is 3.51. The van der Waals surface area contributed by atoms with Crippen LogP contribution < -0.4 is 0 Å². The average Bonchev–Trinajstić information content (AvgIpc) is 2.15. The van der Waals surface area contributed by atoms with Gasteiger partial charge in [-0.1, -0.05) is 44.4 Å². The molecule has 0 saturated carbocycles. The van der Waals surface area contributed by atoms with E-state index in [1.165, 1.54) is 43.2 Å². The molecule has 0 amide bonds. The van der Waals surface area contributed by atoms with Crippen LogP contribution in [-0.4, -0.2) is 0 Å². The summed E-state index contributed by atoms with van der Waals surface area (Å²) in [6.45, 7) is 4.40. The Bertz CT molecular complexity index is 238. The van der Waals surface area contributed by atoms with Gasteiger partial charge in [0.1, 0.15) is 0 Å². The van der Waals surface area contributed by atoms with E-state index in [-0.39, 0.29) is 0 Å². The topological polar surface area (TPSA) is 0 Å². The molecule has 0 spiro atoms. The second kappa shape index (κ2) is 5.65. The van der Waals surface area contributed by atoms with Crippen LogP contribution in [-0.2, 0) is 6.42 Å². The molecule has 0 saturated heterocycles. The van der Waals surface area contributed by atoms with Crippen LogP contribution in [0.25, 0.3) is 0 Å². The highest BCUT2D eigenvalue weighted by Crippen LogP contribution is 2.09. The SMILES string of the molecule is CCCCCCc1c#cccc1C. The van der Waals surface area contributed by atoms with Gasteiger partial charge in [0.25, 0.3) is 0 Å². The lowest BCUT2D eigenvalue weighted by atomic mass is 10.0. The molecular weight excluding hydrogens is 156 g/mol. The van der Waals surface area contributed by atoms with Crippen LogP contribution in [0.4, 0.5) is 0 Å². The third-order valence-electron chi connectivity index (χ3n) is 2.40. The van der Waals surface area contributed by atoms with Gasteiger partial charge in [-0.25, -0.2) is 0 Å². The Morgan fingerprint density at radius 1 is 1.23 bits per heavy atom. The van der Waals surface area contributed by atoms with Crippen molar-refractivity contribution in [2.45, 2.75) is 46.0 Å². The highest BCUT2D eigenvalue weighted by Gasteiger charge is 1.95. The summed E-state index contributed by atoms with van der Waals surface area (Å²) in [6.07, 6.45) is 6.48. The molecule has 0 N–H and O–H groups in total. The number of unbranched alkanes of at least 4 members (excludes halogenated alkanes) is 3. The lowest BCUT2D eigenvalue weighted by molar-refractivity contribution is 0.666. The van der Waals surface area contributed by atoms with E-state index in [0.717, 1.165) is 0 Å². The molecule has 0 unspecified atom stereocenters. The molecule has 1 aromatic carbocycles. The molecule has 0 aliphatic rings. The zero-order valence-corrected chi connectivity index (χ0v) is 8.69. The first-order valence-corrected chi connectivity index (χ1v) is 5.22. The summed E-state index contributed by atoms with van der Waals surface area (Å²) < 4.78 is 0. The summed E-state index contributed by atoms with van der Waals surface area (Å²) in [5.41, 5.74) is 2.70. The predicted molar refractivity (Wildman–Crippen MR) is 56.7 cm³/mol. The zero-order chi connectivity index (χ0) is 9.52. The number of aryl methyl sites for hydroxylation is 1. The monoisotopic (exact) mass is 174 g/mol. The first-order chi connectivity index (χ1) is 6.34. The Balaban J connectivity index is 2.32. The van der Waals surface area contributed by atoms with E-state index in [4.69, 9.17) is 0 Å². The van der Waals surface area contributed by atoms with E-state index in [9.17, 15) is 0 Å². The van der Waals surface area contributed by atoms with Gasteiger partial charge in [-0.05, 0) is 31.4 Å². The molecule has 0 radical (unpaired) electrons. The standard InChI is InChI=1S/C13H18/c1-3-4-5-6-10-13-11-8-7-9-12(13)2/h7,9H,3-6,10H2,1-2H3. The summed E-state index contributed by atoms with van der Waals surface area (Å²) in [7, 11) is 0. The van der Waals surface area contributed by atoms with E-state index in [1.807, 2.05) is 6.07 Å². The van der Waals surface area contributed by atoms with Crippen molar-refractivity contribution in [2.24, 2.45) is 0 Å². The van der Waals surface area contributed by atoms with Crippen LogP contribution in [0.1, 0.15) is 43.7 Å². The zero-order valence-electron chi connectivity index (χ0n) is 8.69. The largest absolute Gasteiger partial charge is 0.0699 e. The Labute approximate surface area is 82.0 Å². The van der Waals surface area contributed by atoms with Gasteiger partial charge in [0.15, 0.2) is 0 Å². The van der Waals surface area contributed by atoms with Crippen LogP contribution >= 0.6 is 0 Å². The summed E-state index contributed by atoms with van der Waals surface area (Å²) in [5.74, 6) is 0. The van der Waals surface area contributed by atoms with E-state index < -0.39 is 0 Å². The minimum absolute atomic E-state index is 1.17. The van der Waals surface area contributed by atoms with Crippen molar-refractivity contribution in [3.63, 3.8) is 0 Å². The molecule has 1 rings (SSSR count). The molecule has 0 nitrogen and oxygen atoms in total. The summed E-state index contributed by atoms with van der Waals surface area (Å²) in [6, 6.07) is 10.3. The second-order valence-electron chi connectivity index (χ2n) is 3.57. The minimum Gasteiger partial charge on any atom is -0.0699 e. The lowest BCUT2D eigenvalue weighted by Gasteiger charge is -2.01. The number of rotatable bonds is 5. The van der Waals surface area contributed by atoms with Gasteiger partial charge in [0.2, 0.25) is 0 Å². The van der Waals surface area contributed by atoms with Gasteiger partial charge < -0.3 is 0 Å². The molecule has 70 valence electrons. The molecule has 0 fully saturated rings. The molecular formula is C13H18. The van der Waals surface area contributed by atoms with Crippen molar-refractivity contribution < 1.29 is 0 Å². The number of hydrogen-bond acceptors (Lipinski definition) is 0. The average molecular weight is 174 g/mol. The van der Waals surface area contributed by atoms with Gasteiger partial charge in [-0.15, -0.1) is 0 Å². The smallest absolute Gasteiger partial charge is 0.00532 e. The van der Waals surface area contributed by atoms with Crippen molar-refractivity contribution in [3.05, 3.63) is 35.4 Å². The maximum absolute atomic E-state index is 3.19. The Morgan fingerprint density at radius 2 is 2.08 bits per heavy atom. The van der Waals surface area contributed by atoms with Gasteiger partial charge in [-0.2, -0.15) is 0 Å². The normalized spacial score (nSPS) is 9.69. The van der Waals surface area contributed by atoms with Crippen LogP contribution in [0.5, 0.6) is 0 Å². The van der Waals surface area contributed by atoms with Crippen molar-refractivity contribution in [1.82, 2.24) is 0 Å². The molecule has 13 heavy (non-hydrogen) atoms.